The van der Waals surface area contributed by atoms with Gasteiger partial charge in [-0.3, -0.25) is 0 Å². The number of allylic oxidation sites excluding steroid dienone is 1. The number of nitriles is 1. The fraction of sp³-hybridized carbons (Fsp3) is 0.120. The molecular weight excluding hydrogens is 413 g/mol. The Morgan fingerprint density at radius 1 is 0.969 bits per heavy atom. The van der Waals surface area contributed by atoms with E-state index in [1.807, 2.05) is 6.07 Å². The van der Waals surface area contributed by atoms with E-state index in [1.54, 1.807) is 48.5 Å². The van der Waals surface area contributed by atoms with Crippen molar-refractivity contribution in [2.75, 3.05) is 20.8 Å². The van der Waals surface area contributed by atoms with E-state index >= 15 is 0 Å². The van der Waals surface area contributed by atoms with Gasteiger partial charge in [0.1, 0.15) is 17.3 Å². The number of hydrogen-bond donors (Lipinski definition) is 0. The maximum absolute atomic E-state index is 14.0. The van der Waals surface area contributed by atoms with E-state index in [0.717, 1.165) is 0 Å². The Morgan fingerprint density at radius 2 is 1.75 bits per heavy atom. The third-order valence-corrected chi connectivity index (χ3v) is 4.40. The highest BCUT2D eigenvalue weighted by molar-refractivity contribution is 5.90. The number of ether oxygens (including phenoxy) is 4. The van der Waals surface area contributed by atoms with Gasteiger partial charge < -0.3 is 18.9 Å². The average Bonchev–Trinajstić information content (AvgIpc) is 2.82. The molecular formula is C25H20FNO5. The Balaban J connectivity index is 1.73. The quantitative estimate of drug-likeness (QED) is 0.218. The fourth-order valence-electron chi connectivity index (χ4n) is 2.86. The van der Waals surface area contributed by atoms with Crippen molar-refractivity contribution in [1.82, 2.24) is 0 Å². The summed E-state index contributed by atoms with van der Waals surface area (Å²) in [5, 5.41) is 9.44. The van der Waals surface area contributed by atoms with Gasteiger partial charge in [0.25, 0.3) is 0 Å². The maximum atomic E-state index is 14.0. The van der Waals surface area contributed by atoms with Crippen LogP contribution >= 0.6 is 0 Å². The molecule has 32 heavy (non-hydrogen) atoms. The van der Waals surface area contributed by atoms with Gasteiger partial charge in [-0.15, -0.1) is 0 Å². The minimum Gasteiger partial charge on any atom is -0.497 e. The number of benzene rings is 3. The Morgan fingerprint density at radius 3 is 2.47 bits per heavy atom. The number of carbonyl (C=O) groups excluding carboxylic acids is 1. The summed E-state index contributed by atoms with van der Waals surface area (Å²) >= 11 is 0. The molecule has 0 N–H and O–H groups in total. The molecule has 0 aromatic heterocycles. The van der Waals surface area contributed by atoms with Crippen LogP contribution in [0.25, 0.3) is 11.6 Å². The first-order chi connectivity index (χ1) is 15.5. The Hall–Kier alpha value is -4.31. The number of rotatable bonds is 8. The van der Waals surface area contributed by atoms with Crippen LogP contribution in [0.1, 0.15) is 11.1 Å². The summed E-state index contributed by atoms with van der Waals surface area (Å²) in [6, 6.07) is 19.6. The van der Waals surface area contributed by atoms with E-state index in [9.17, 15) is 14.4 Å². The van der Waals surface area contributed by atoms with E-state index in [0.29, 0.717) is 17.1 Å². The van der Waals surface area contributed by atoms with Crippen molar-refractivity contribution in [3.63, 3.8) is 0 Å². The molecule has 0 unspecified atom stereocenters. The van der Waals surface area contributed by atoms with Crippen molar-refractivity contribution in [1.29, 1.82) is 5.26 Å². The van der Waals surface area contributed by atoms with Crippen molar-refractivity contribution < 1.29 is 28.1 Å². The van der Waals surface area contributed by atoms with Crippen molar-refractivity contribution in [3.05, 3.63) is 83.7 Å². The average molecular weight is 433 g/mol. The van der Waals surface area contributed by atoms with Crippen LogP contribution in [0.15, 0.2) is 66.7 Å². The highest BCUT2D eigenvalue weighted by Gasteiger charge is 2.13. The molecule has 162 valence electrons. The van der Waals surface area contributed by atoms with Gasteiger partial charge in [0.05, 0.1) is 25.9 Å². The van der Waals surface area contributed by atoms with E-state index in [-0.39, 0.29) is 29.2 Å². The third-order valence-electron chi connectivity index (χ3n) is 4.40. The maximum Gasteiger partial charge on any atom is 0.349 e. The SMILES string of the molecule is COc1cccc(OCC(=O)Oc2ccc(/C=C(/C#N)c3ccccc3F)cc2OC)c1. The number of esters is 1. The van der Waals surface area contributed by atoms with Gasteiger partial charge in [0.15, 0.2) is 18.1 Å². The zero-order chi connectivity index (χ0) is 22.9. The predicted molar refractivity (Wildman–Crippen MR) is 117 cm³/mol. The van der Waals surface area contributed by atoms with Crippen molar-refractivity contribution in [2.24, 2.45) is 0 Å². The summed E-state index contributed by atoms with van der Waals surface area (Å²) in [5.41, 5.74) is 0.926. The molecule has 0 fully saturated rings. The molecule has 6 nitrogen and oxygen atoms in total. The molecule has 0 heterocycles. The predicted octanol–water partition coefficient (Wildman–Crippen LogP) is 4.89. The molecule has 0 aliphatic carbocycles. The zero-order valence-electron chi connectivity index (χ0n) is 17.5. The van der Waals surface area contributed by atoms with Crippen molar-refractivity contribution in [2.45, 2.75) is 0 Å². The Bertz CT molecular complexity index is 1180. The number of methoxy groups -OCH3 is 2. The highest BCUT2D eigenvalue weighted by atomic mass is 19.1. The van der Waals surface area contributed by atoms with Crippen LogP contribution in [0.2, 0.25) is 0 Å². The number of halogens is 1. The molecule has 0 saturated carbocycles. The topological polar surface area (TPSA) is 77.8 Å². The summed E-state index contributed by atoms with van der Waals surface area (Å²) < 4.78 is 35.2. The lowest BCUT2D eigenvalue weighted by atomic mass is 10.0. The minimum absolute atomic E-state index is 0.154. The molecule has 0 aliphatic rings. The standard InChI is InChI=1S/C25H20FNO5/c1-29-19-6-5-7-20(14-19)31-16-25(28)32-23-11-10-17(13-24(23)30-2)12-18(15-27)21-8-3-4-9-22(21)26/h3-14H,16H2,1-2H3/b18-12-. The van der Waals surface area contributed by atoms with E-state index in [4.69, 9.17) is 18.9 Å². The van der Waals surface area contributed by atoms with E-state index in [1.165, 1.54) is 38.5 Å². The normalized spacial score (nSPS) is 10.8. The van der Waals surface area contributed by atoms with Crippen LogP contribution < -0.4 is 18.9 Å². The highest BCUT2D eigenvalue weighted by Crippen LogP contribution is 2.30. The smallest absolute Gasteiger partial charge is 0.349 e. The van der Waals surface area contributed by atoms with Gasteiger partial charge in [-0.05, 0) is 42.0 Å². The third kappa shape index (κ3) is 5.64. The summed E-state index contributed by atoms with van der Waals surface area (Å²) in [6.07, 6.45) is 1.53. The van der Waals surface area contributed by atoms with Gasteiger partial charge in [0, 0.05) is 11.6 Å². The first-order valence-electron chi connectivity index (χ1n) is 9.56. The Labute approximate surface area is 185 Å². The second kappa shape index (κ2) is 10.6. The van der Waals surface area contributed by atoms with Crippen LogP contribution in [0, 0.1) is 17.1 Å². The second-order valence-corrected chi connectivity index (χ2v) is 6.50. The van der Waals surface area contributed by atoms with E-state index < -0.39 is 11.8 Å². The molecule has 0 bridgehead atoms. The minimum atomic E-state index is -0.626. The van der Waals surface area contributed by atoms with Crippen molar-refractivity contribution >= 4 is 17.6 Å². The lowest BCUT2D eigenvalue weighted by Gasteiger charge is -2.11. The largest absolute Gasteiger partial charge is 0.497 e. The second-order valence-electron chi connectivity index (χ2n) is 6.50. The molecule has 3 aromatic carbocycles. The van der Waals surface area contributed by atoms with Gasteiger partial charge in [-0.2, -0.15) is 5.26 Å². The summed E-state index contributed by atoms with van der Waals surface area (Å²) in [7, 11) is 2.96. The molecule has 7 heteroatoms. The molecule has 0 atom stereocenters. The summed E-state index contributed by atoms with van der Waals surface area (Å²) in [5.74, 6) is 0.416. The molecule has 0 saturated heterocycles. The lowest BCUT2D eigenvalue weighted by Crippen LogP contribution is -2.18. The number of hydrogen-bond acceptors (Lipinski definition) is 6. The molecule has 3 aromatic rings. The summed E-state index contributed by atoms with van der Waals surface area (Å²) in [4.78, 5) is 12.2. The van der Waals surface area contributed by atoms with Gasteiger partial charge in [0.2, 0.25) is 0 Å². The molecule has 3 rings (SSSR count). The zero-order valence-corrected chi connectivity index (χ0v) is 17.5. The summed E-state index contributed by atoms with van der Waals surface area (Å²) in [6.45, 7) is -0.316. The fourth-order valence-corrected chi connectivity index (χ4v) is 2.86. The lowest BCUT2D eigenvalue weighted by molar-refractivity contribution is -0.136. The molecule has 0 spiro atoms. The number of nitrogens with zero attached hydrogens (tertiary/aromatic N) is 1. The molecule has 0 aliphatic heterocycles. The van der Waals surface area contributed by atoms with Gasteiger partial charge in [-0.25, -0.2) is 9.18 Å². The molecule has 0 amide bonds. The first-order valence-corrected chi connectivity index (χ1v) is 9.56. The Kier molecular flexibility index (Phi) is 7.44. The van der Waals surface area contributed by atoms with Crippen LogP contribution in [-0.4, -0.2) is 26.8 Å². The first kappa shape index (κ1) is 22.4. The van der Waals surface area contributed by atoms with Crippen LogP contribution in [-0.2, 0) is 4.79 Å². The molecule has 0 radical (unpaired) electrons. The number of carbonyl (C=O) groups is 1. The van der Waals surface area contributed by atoms with E-state index in [2.05, 4.69) is 0 Å². The monoisotopic (exact) mass is 433 g/mol. The van der Waals surface area contributed by atoms with Crippen LogP contribution in [0.5, 0.6) is 23.0 Å². The van der Waals surface area contributed by atoms with Crippen LogP contribution in [0.3, 0.4) is 0 Å². The van der Waals surface area contributed by atoms with Crippen molar-refractivity contribution in [3.8, 4) is 29.1 Å². The van der Waals surface area contributed by atoms with Crippen LogP contribution in [0.4, 0.5) is 4.39 Å². The van der Waals surface area contributed by atoms with Gasteiger partial charge >= 0.3 is 5.97 Å². The van der Waals surface area contributed by atoms with Gasteiger partial charge in [-0.1, -0.05) is 30.3 Å².